The third-order valence-electron chi connectivity index (χ3n) is 6.53. The summed E-state index contributed by atoms with van der Waals surface area (Å²) in [5.41, 5.74) is 4.65. The fourth-order valence-corrected chi connectivity index (χ4v) is 4.61. The normalized spacial score (nSPS) is 21.4. The molecule has 1 amide bonds. The van der Waals surface area contributed by atoms with Gasteiger partial charge in [0, 0.05) is 12.8 Å². The molecule has 1 aromatic heterocycles. The average Bonchev–Trinajstić information content (AvgIpc) is 2.86. The molecular weight excluding hydrogens is 434 g/mol. The van der Waals surface area contributed by atoms with E-state index in [1.807, 2.05) is 19.2 Å². The van der Waals surface area contributed by atoms with Crippen molar-refractivity contribution >= 4 is 11.9 Å². The van der Waals surface area contributed by atoms with Gasteiger partial charge < -0.3 is 20.1 Å². The van der Waals surface area contributed by atoms with Crippen molar-refractivity contribution in [2.45, 2.75) is 30.6 Å². The number of likely N-dealkylation sites (N-methyl/N-ethyl adjacent to an activating group) is 1. The zero-order valence-electron chi connectivity index (χ0n) is 18.9. The molecule has 0 aliphatic carbocycles. The molecule has 9 heteroatoms. The number of carbonyl (C=O) groups excluding carboxylic acids is 2. The maximum Gasteiger partial charge on any atom is 0.347 e. The van der Waals surface area contributed by atoms with E-state index < -0.39 is 29.6 Å². The van der Waals surface area contributed by atoms with Gasteiger partial charge in [-0.1, -0.05) is 60.7 Å². The third kappa shape index (κ3) is 4.52. The molecule has 4 rings (SSSR count). The van der Waals surface area contributed by atoms with E-state index in [2.05, 4.69) is 15.0 Å². The fraction of sp³-hybridized carbons (Fsp3) is 0.320. The van der Waals surface area contributed by atoms with E-state index >= 15 is 0 Å². The van der Waals surface area contributed by atoms with E-state index in [-0.39, 0.29) is 0 Å². The summed E-state index contributed by atoms with van der Waals surface area (Å²) in [6.45, 7) is 1.04. The van der Waals surface area contributed by atoms with Crippen LogP contribution in [0.1, 0.15) is 35.8 Å². The number of hydrogen-bond acceptors (Lipinski definition) is 7. The van der Waals surface area contributed by atoms with Gasteiger partial charge in [-0.3, -0.25) is 4.79 Å². The van der Waals surface area contributed by atoms with Crippen LogP contribution in [-0.2, 0) is 19.9 Å². The summed E-state index contributed by atoms with van der Waals surface area (Å²) in [7, 11) is 1.92. The molecule has 2 aromatic carbocycles. The average molecular weight is 463 g/mol. The summed E-state index contributed by atoms with van der Waals surface area (Å²) in [6.07, 6.45) is 3.26. The van der Waals surface area contributed by atoms with Gasteiger partial charge in [0.1, 0.15) is 18.8 Å². The first-order chi connectivity index (χ1) is 16.3. The molecule has 2 heterocycles. The summed E-state index contributed by atoms with van der Waals surface area (Å²) in [5.74, 6) is -0.926. The Morgan fingerprint density at radius 2 is 1.50 bits per heavy atom. The van der Waals surface area contributed by atoms with Gasteiger partial charge in [0.05, 0.1) is 20.1 Å². The minimum atomic E-state index is -1.93. The number of rotatable bonds is 7. The van der Waals surface area contributed by atoms with Gasteiger partial charge in [0.2, 0.25) is 11.6 Å². The quantitative estimate of drug-likeness (QED) is 0.402. The molecule has 0 saturated carbocycles. The Kier molecular flexibility index (Phi) is 6.67. The largest absolute Gasteiger partial charge is 0.459 e. The first kappa shape index (κ1) is 23.5. The summed E-state index contributed by atoms with van der Waals surface area (Å²) in [6, 6.07) is 16.8. The predicted molar refractivity (Wildman–Crippen MR) is 123 cm³/mol. The molecule has 0 spiro atoms. The first-order valence-corrected chi connectivity index (χ1v) is 11.1. The van der Waals surface area contributed by atoms with E-state index in [0.29, 0.717) is 47.4 Å². The number of hydrogen-bond donors (Lipinski definition) is 2. The molecular formula is C25H28N5O4+. The molecule has 34 heavy (non-hydrogen) atoms. The van der Waals surface area contributed by atoms with E-state index in [9.17, 15) is 14.7 Å². The second-order valence-corrected chi connectivity index (χ2v) is 8.78. The highest BCUT2D eigenvalue weighted by molar-refractivity contribution is 5.85. The van der Waals surface area contributed by atoms with Gasteiger partial charge in [-0.05, 0) is 11.1 Å². The molecule has 1 aliphatic rings. The number of primary amides is 1. The van der Waals surface area contributed by atoms with Gasteiger partial charge in [0.25, 0.3) is 5.91 Å². The highest BCUT2D eigenvalue weighted by atomic mass is 16.6. The zero-order valence-corrected chi connectivity index (χ0v) is 18.9. The third-order valence-corrected chi connectivity index (χ3v) is 6.53. The number of aliphatic hydroxyl groups is 1. The van der Waals surface area contributed by atoms with E-state index in [0.717, 1.165) is 0 Å². The van der Waals surface area contributed by atoms with Gasteiger partial charge in [-0.25, -0.2) is 19.7 Å². The van der Waals surface area contributed by atoms with Crippen molar-refractivity contribution in [3.8, 4) is 0 Å². The Labute approximate surface area is 197 Å². The maximum atomic E-state index is 13.4. The second kappa shape index (κ2) is 9.66. The lowest BCUT2D eigenvalue weighted by Gasteiger charge is -2.43. The van der Waals surface area contributed by atoms with Crippen LogP contribution >= 0.6 is 0 Å². The van der Waals surface area contributed by atoms with Crippen molar-refractivity contribution in [2.75, 3.05) is 20.1 Å². The van der Waals surface area contributed by atoms with Crippen LogP contribution in [0, 0.1) is 0 Å². The van der Waals surface area contributed by atoms with Crippen LogP contribution in [0.5, 0.6) is 0 Å². The molecule has 0 radical (unpaired) electrons. The lowest BCUT2D eigenvalue weighted by atomic mass is 9.86. The number of aromatic nitrogens is 3. The number of amides is 1. The zero-order chi connectivity index (χ0) is 24.2. The Morgan fingerprint density at radius 1 is 1.00 bits per heavy atom. The number of piperidine rings is 1. The standard InChI is InChI=1S/C25H27N5O4/c1-30(21(22(26)31)23-28-16-27-17-29-23)14-12-20(13-15-30)34-24(32)25(33,18-8-4-2-5-9-18)19-10-6-3-7-11-19/h2-11,16-17,20-21,33H,12-15H2,1H3,(H-,26,31)/p+1. The van der Waals surface area contributed by atoms with E-state index in [1.165, 1.54) is 12.7 Å². The van der Waals surface area contributed by atoms with Crippen LogP contribution < -0.4 is 5.73 Å². The van der Waals surface area contributed by atoms with Crippen LogP contribution in [0.4, 0.5) is 0 Å². The Morgan fingerprint density at radius 3 is 1.97 bits per heavy atom. The first-order valence-electron chi connectivity index (χ1n) is 11.1. The minimum absolute atomic E-state index is 0.301. The minimum Gasteiger partial charge on any atom is -0.459 e. The second-order valence-electron chi connectivity index (χ2n) is 8.78. The van der Waals surface area contributed by atoms with Crippen molar-refractivity contribution in [1.29, 1.82) is 0 Å². The Bertz CT molecular complexity index is 1080. The lowest BCUT2D eigenvalue weighted by molar-refractivity contribution is -0.936. The molecule has 9 nitrogen and oxygen atoms in total. The predicted octanol–water partition coefficient (Wildman–Crippen LogP) is 1.49. The van der Waals surface area contributed by atoms with Crippen LogP contribution in [0.2, 0.25) is 0 Å². The molecule has 1 fully saturated rings. The van der Waals surface area contributed by atoms with E-state index in [4.69, 9.17) is 10.5 Å². The summed E-state index contributed by atoms with van der Waals surface area (Å²) in [4.78, 5) is 37.7. The van der Waals surface area contributed by atoms with Crippen molar-refractivity contribution in [3.05, 3.63) is 90.3 Å². The van der Waals surface area contributed by atoms with Crippen LogP contribution in [-0.4, -0.2) is 62.7 Å². The number of nitrogens with two attached hydrogens (primary N) is 1. The van der Waals surface area contributed by atoms with Crippen LogP contribution in [0.3, 0.4) is 0 Å². The summed E-state index contributed by atoms with van der Waals surface area (Å²) in [5, 5.41) is 11.6. The summed E-state index contributed by atoms with van der Waals surface area (Å²) >= 11 is 0. The number of likely N-dealkylation sites (tertiary alicyclic amines) is 1. The van der Waals surface area contributed by atoms with Gasteiger partial charge >= 0.3 is 5.97 Å². The van der Waals surface area contributed by atoms with E-state index in [1.54, 1.807) is 48.5 Å². The van der Waals surface area contributed by atoms with Crippen molar-refractivity contribution in [3.63, 3.8) is 0 Å². The Hall–Kier alpha value is -3.69. The molecule has 176 valence electrons. The van der Waals surface area contributed by atoms with Crippen LogP contribution in [0.25, 0.3) is 0 Å². The van der Waals surface area contributed by atoms with Crippen molar-refractivity contribution < 1.29 is 23.9 Å². The SMILES string of the molecule is C[N+]1(C(C(N)=O)c2ncncn2)CCC(OC(=O)C(O)(c2ccccc2)c2ccccc2)CC1. The molecule has 3 aromatic rings. The maximum absolute atomic E-state index is 13.4. The number of nitrogens with zero attached hydrogens (tertiary/aromatic N) is 4. The molecule has 1 atom stereocenters. The number of esters is 1. The highest BCUT2D eigenvalue weighted by Crippen LogP contribution is 2.34. The number of carbonyl (C=O) groups is 2. The lowest BCUT2D eigenvalue weighted by Crippen LogP contribution is -2.57. The molecule has 1 aliphatic heterocycles. The highest BCUT2D eigenvalue weighted by Gasteiger charge is 2.46. The van der Waals surface area contributed by atoms with Gasteiger partial charge in [0.15, 0.2) is 5.82 Å². The van der Waals surface area contributed by atoms with Crippen molar-refractivity contribution in [2.24, 2.45) is 5.73 Å². The van der Waals surface area contributed by atoms with Gasteiger partial charge in [-0.2, -0.15) is 0 Å². The monoisotopic (exact) mass is 462 g/mol. The molecule has 3 N–H and O–H groups in total. The number of benzene rings is 2. The van der Waals surface area contributed by atoms with Crippen molar-refractivity contribution in [1.82, 2.24) is 15.0 Å². The molecule has 1 saturated heterocycles. The van der Waals surface area contributed by atoms with Gasteiger partial charge in [-0.15, -0.1) is 0 Å². The Balaban J connectivity index is 1.52. The number of quaternary nitrogens is 1. The van der Waals surface area contributed by atoms with Crippen LogP contribution in [0.15, 0.2) is 73.3 Å². The smallest absolute Gasteiger partial charge is 0.347 e. The number of ether oxygens (including phenoxy) is 1. The molecule has 1 unspecified atom stereocenters. The topological polar surface area (TPSA) is 128 Å². The fourth-order valence-electron chi connectivity index (χ4n) is 4.61. The molecule has 0 bridgehead atoms. The summed E-state index contributed by atoms with van der Waals surface area (Å²) < 4.78 is 6.15.